The summed E-state index contributed by atoms with van der Waals surface area (Å²) in [4.78, 5) is 0. The van der Waals surface area contributed by atoms with Gasteiger partial charge in [0.2, 0.25) is 0 Å². The third kappa shape index (κ3) is 3.27. The number of aromatic nitrogens is 2. The standard InChI is InChI=1S/C10H20N4O2S/c1-4-10(2,6-7-11)13-17(15,16)9-5-8-12-14(9)3/h5,8,13H,4,6-7,11H2,1-3H3. The molecule has 0 aliphatic carbocycles. The molecule has 1 aromatic rings. The van der Waals surface area contributed by atoms with Gasteiger partial charge < -0.3 is 5.73 Å². The second-order valence-corrected chi connectivity index (χ2v) is 5.98. The summed E-state index contributed by atoms with van der Waals surface area (Å²) in [6.07, 6.45) is 2.74. The Bertz CT molecular complexity index is 468. The molecule has 0 saturated heterocycles. The lowest BCUT2D eigenvalue weighted by Crippen LogP contribution is -2.47. The summed E-state index contributed by atoms with van der Waals surface area (Å²) < 4.78 is 28.3. The maximum atomic E-state index is 12.2. The summed E-state index contributed by atoms with van der Waals surface area (Å²) in [5, 5.41) is 4.02. The lowest BCUT2D eigenvalue weighted by atomic mass is 9.96. The fourth-order valence-electron chi connectivity index (χ4n) is 1.62. The first-order chi connectivity index (χ1) is 7.84. The molecule has 17 heavy (non-hydrogen) atoms. The first-order valence-electron chi connectivity index (χ1n) is 5.57. The zero-order valence-electron chi connectivity index (χ0n) is 10.5. The smallest absolute Gasteiger partial charge is 0.258 e. The van der Waals surface area contributed by atoms with Gasteiger partial charge in [0.25, 0.3) is 10.0 Å². The highest BCUT2D eigenvalue weighted by Crippen LogP contribution is 2.18. The van der Waals surface area contributed by atoms with E-state index in [-0.39, 0.29) is 5.03 Å². The van der Waals surface area contributed by atoms with Gasteiger partial charge in [-0.15, -0.1) is 0 Å². The summed E-state index contributed by atoms with van der Waals surface area (Å²) in [7, 11) is -1.95. The third-order valence-corrected chi connectivity index (χ3v) is 4.62. The van der Waals surface area contributed by atoms with E-state index in [1.165, 1.54) is 16.9 Å². The van der Waals surface area contributed by atoms with E-state index in [4.69, 9.17) is 5.73 Å². The molecule has 0 amide bonds. The monoisotopic (exact) mass is 260 g/mol. The summed E-state index contributed by atoms with van der Waals surface area (Å²) in [5.41, 5.74) is 4.99. The van der Waals surface area contributed by atoms with Gasteiger partial charge in [-0.05, 0) is 32.4 Å². The molecular formula is C10H20N4O2S. The highest BCUT2D eigenvalue weighted by molar-refractivity contribution is 7.89. The van der Waals surface area contributed by atoms with Crippen molar-refractivity contribution in [1.82, 2.24) is 14.5 Å². The molecule has 0 aliphatic heterocycles. The van der Waals surface area contributed by atoms with E-state index in [2.05, 4.69) is 9.82 Å². The van der Waals surface area contributed by atoms with Gasteiger partial charge in [0, 0.05) is 12.6 Å². The molecule has 1 atom stereocenters. The predicted octanol–water partition coefficient (Wildman–Crippen LogP) is 0.216. The van der Waals surface area contributed by atoms with Crippen molar-refractivity contribution >= 4 is 10.0 Å². The van der Waals surface area contributed by atoms with Crippen LogP contribution in [-0.4, -0.2) is 30.3 Å². The van der Waals surface area contributed by atoms with Gasteiger partial charge in [-0.1, -0.05) is 6.92 Å². The Morgan fingerprint density at radius 3 is 2.65 bits per heavy atom. The fraction of sp³-hybridized carbons (Fsp3) is 0.700. The second kappa shape index (κ2) is 5.16. The molecule has 1 aromatic heterocycles. The highest BCUT2D eigenvalue weighted by Gasteiger charge is 2.29. The fourth-order valence-corrected chi connectivity index (χ4v) is 3.26. The molecule has 0 saturated carbocycles. The normalized spacial score (nSPS) is 15.8. The summed E-state index contributed by atoms with van der Waals surface area (Å²) in [5.74, 6) is 0. The van der Waals surface area contributed by atoms with Gasteiger partial charge in [0.1, 0.15) is 0 Å². The molecule has 0 bridgehead atoms. The van der Waals surface area contributed by atoms with Crippen molar-refractivity contribution in [2.75, 3.05) is 6.54 Å². The van der Waals surface area contributed by atoms with Crippen LogP contribution in [0.4, 0.5) is 0 Å². The van der Waals surface area contributed by atoms with Crippen LogP contribution in [0.2, 0.25) is 0 Å². The number of hydrogen-bond acceptors (Lipinski definition) is 4. The van der Waals surface area contributed by atoms with Gasteiger partial charge in [-0.25, -0.2) is 13.1 Å². The average Bonchev–Trinajstić information content (AvgIpc) is 2.65. The number of nitrogens with two attached hydrogens (primary N) is 1. The molecule has 7 heteroatoms. The SMILES string of the molecule is CCC(C)(CCN)NS(=O)(=O)c1ccnn1C. The molecule has 6 nitrogen and oxygen atoms in total. The third-order valence-electron chi connectivity index (χ3n) is 2.91. The maximum absolute atomic E-state index is 12.2. The zero-order chi connectivity index (χ0) is 13.1. The molecule has 3 N–H and O–H groups in total. The quantitative estimate of drug-likeness (QED) is 0.765. The minimum atomic E-state index is -3.54. The van der Waals surface area contributed by atoms with E-state index in [0.29, 0.717) is 19.4 Å². The number of nitrogens with zero attached hydrogens (tertiary/aromatic N) is 2. The first kappa shape index (κ1) is 14.1. The summed E-state index contributed by atoms with van der Waals surface area (Å²) in [6.45, 7) is 4.23. The van der Waals surface area contributed by atoms with Crippen LogP contribution in [0.5, 0.6) is 0 Å². The van der Waals surface area contributed by atoms with Gasteiger partial charge in [-0.2, -0.15) is 5.10 Å². The lowest BCUT2D eigenvalue weighted by Gasteiger charge is -2.28. The van der Waals surface area contributed by atoms with Crippen molar-refractivity contribution in [3.8, 4) is 0 Å². The van der Waals surface area contributed by atoms with Crippen LogP contribution in [0.3, 0.4) is 0 Å². The number of aryl methyl sites for hydroxylation is 1. The summed E-state index contributed by atoms with van der Waals surface area (Å²) in [6, 6.07) is 1.47. The molecule has 0 radical (unpaired) electrons. The van der Waals surface area contributed by atoms with Gasteiger partial charge in [0.05, 0.1) is 6.20 Å². The Morgan fingerprint density at radius 1 is 1.59 bits per heavy atom. The van der Waals surface area contributed by atoms with Crippen LogP contribution in [0.25, 0.3) is 0 Å². The van der Waals surface area contributed by atoms with Crippen LogP contribution >= 0.6 is 0 Å². The van der Waals surface area contributed by atoms with Gasteiger partial charge >= 0.3 is 0 Å². The topological polar surface area (TPSA) is 90.0 Å². The van der Waals surface area contributed by atoms with E-state index >= 15 is 0 Å². The molecule has 0 spiro atoms. The predicted molar refractivity (Wildman–Crippen MR) is 65.9 cm³/mol. The van der Waals surface area contributed by atoms with E-state index in [9.17, 15) is 8.42 Å². The van der Waals surface area contributed by atoms with Gasteiger partial charge in [0.15, 0.2) is 5.03 Å². The van der Waals surface area contributed by atoms with Crippen LogP contribution in [0.1, 0.15) is 26.7 Å². The Kier molecular flexibility index (Phi) is 4.29. The van der Waals surface area contributed by atoms with E-state index in [0.717, 1.165) is 0 Å². The van der Waals surface area contributed by atoms with Crippen LogP contribution < -0.4 is 10.5 Å². The first-order valence-corrected chi connectivity index (χ1v) is 7.05. The highest BCUT2D eigenvalue weighted by atomic mass is 32.2. The van der Waals surface area contributed by atoms with E-state index in [1.807, 2.05) is 13.8 Å². The Labute approximate surface area is 102 Å². The van der Waals surface area contributed by atoms with Crippen LogP contribution in [0, 0.1) is 0 Å². The van der Waals surface area contributed by atoms with Crippen molar-refractivity contribution in [1.29, 1.82) is 0 Å². The number of hydrogen-bond donors (Lipinski definition) is 2. The van der Waals surface area contributed by atoms with Crippen molar-refractivity contribution in [3.05, 3.63) is 12.3 Å². The molecule has 1 rings (SSSR count). The zero-order valence-corrected chi connectivity index (χ0v) is 11.3. The van der Waals surface area contributed by atoms with Crippen LogP contribution in [0.15, 0.2) is 17.3 Å². The Balaban J connectivity index is 2.98. The van der Waals surface area contributed by atoms with Crippen molar-refractivity contribution in [2.45, 2.75) is 37.3 Å². The minimum absolute atomic E-state index is 0.161. The van der Waals surface area contributed by atoms with E-state index < -0.39 is 15.6 Å². The number of rotatable bonds is 6. The molecule has 0 aliphatic rings. The average molecular weight is 260 g/mol. The maximum Gasteiger partial charge on any atom is 0.258 e. The summed E-state index contributed by atoms with van der Waals surface area (Å²) >= 11 is 0. The largest absolute Gasteiger partial charge is 0.330 e. The number of sulfonamides is 1. The Hall–Kier alpha value is -0.920. The van der Waals surface area contributed by atoms with Crippen molar-refractivity contribution in [3.63, 3.8) is 0 Å². The Morgan fingerprint density at radius 2 is 2.24 bits per heavy atom. The lowest BCUT2D eigenvalue weighted by molar-refractivity contribution is 0.377. The molecular weight excluding hydrogens is 240 g/mol. The second-order valence-electron chi connectivity index (χ2n) is 4.35. The number of nitrogens with one attached hydrogen (secondary N) is 1. The van der Waals surface area contributed by atoms with E-state index in [1.54, 1.807) is 7.05 Å². The molecule has 98 valence electrons. The van der Waals surface area contributed by atoms with Crippen molar-refractivity contribution in [2.24, 2.45) is 12.8 Å². The molecule has 0 aromatic carbocycles. The minimum Gasteiger partial charge on any atom is -0.330 e. The van der Waals surface area contributed by atoms with Crippen molar-refractivity contribution < 1.29 is 8.42 Å². The van der Waals surface area contributed by atoms with Crippen LogP contribution in [-0.2, 0) is 17.1 Å². The molecule has 1 heterocycles. The van der Waals surface area contributed by atoms with Gasteiger partial charge in [-0.3, -0.25) is 4.68 Å². The molecule has 0 fully saturated rings. The molecule has 1 unspecified atom stereocenters.